The highest BCUT2D eigenvalue weighted by Crippen LogP contribution is 2.22. The number of hydrogen-bond donors (Lipinski definition) is 0. The van der Waals surface area contributed by atoms with Crippen LogP contribution in [0.15, 0.2) is 22.8 Å². The van der Waals surface area contributed by atoms with Gasteiger partial charge in [0.25, 0.3) is 0 Å². The van der Waals surface area contributed by atoms with Gasteiger partial charge in [-0.25, -0.2) is 9.78 Å². The third-order valence-electron chi connectivity index (χ3n) is 3.69. The largest absolute Gasteiger partial charge is 0.478 e. The molecule has 1 amide bonds. The second kappa shape index (κ2) is 8.36. The Morgan fingerprint density at radius 3 is 2.73 bits per heavy atom. The molecule has 1 aliphatic rings. The van der Waals surface area contributed by atoms with Crippen LogP contribution in [0, 0.1) is 5.92 Å². The summed E-state index contributed by atoms with van der Waals surface area (Å²) in [5.41, 5.74) is 0. The number of rotatable bonds is 5. The van der Waals surface area contributed by atoms with E-state index in [2.05, 4.69) is 20.9 Å². The molecule has 0 spiro atoms. The van der Waals surface area contributed by atoms with E-state index in [1.807, 2.05) is 26.0 Å². The molecule has 5 nitrogen and oxygen atoms in total. The van der Waals surface area contributed by atoms with Gasteiger partial charge < -0.3 is 14.4 Å². The number of carbonyl (C=O) groups excluding carboxylic acids is 1. The molecule has 0 N–H and O–H groups in total. The fraction of sp³-hybridized carbons (Fsp3) is 0.625. The molecule has 0 aromatic carbocycles. The molecular weight excluding hydrogens is 348 g/mol. The zero-order valence-corrected chi connectivity index (χ0v) is 14.7. The highest BCUT2D eigenvalue weighted by Gasteiger charge is 2.24. The van der Waals surface area contributed by atoms with Crippen LogP contribution in [0.25, 0.3) is 0 Å². The van der Waals surface area contributed by atoms with E-state index in [4.69, 9.17) is 9.47 Å². The maximum absolute atomic E-state index is 11.8. The second-order valence-corrected chi connectivity index (χ2v) is 6.73. The van der Waals surface area contributed by atoms with Crippen molar-refractivity contribution in [1.82, 2.24) is 9.88 Å². The maximum Gasteiger partial charge on any atom is 0.410 e. The van der Waals surface area contributed by atoms with Crippen LogP contribution in [0.2, 0.25) is 0 Å². The molecule has 0 bridgehead atoms. The van der Waals surface area contributed by atoms with Gasteiger partial charge in [0.15, 0.2) is 0 Å². The van der Waals surface area contributed by atoms with Crippen molar-refractivity contribution in [3.63, 3.8) is 0 Å². The molecule has 1 saturated heterocycles. The molecule has 2 heterocycles. The topological polar surface area (TPSA) is 51.7 Å². The van der Waals surface area contributed by atoms with Gasteiger partial charge >= 0.3 is 6.09 Å². The van der Waals surface area contributed by atoms with E-state index in [0.29, 0.717) is 18.4 Å². The zero-order chi connectivity index (χ0) is 15.9. The molecule has 122 valence electrons. The van der Waals surface area contributed by atoms with Gasteiger partial charge in [-0.2, -0.15) is 0 Å². The fourth-order valence-electron chi connectivity index (χ4n) is 2.46. The number of pyridine rings is 1. The average Bonchev–Trinajstić information content (AvgIpc) is 2.49. The Bertz CT molecular complexity index is 471. The monoisotopic (exact) mass is 370 g/mol. The number of hydrogen-bond acceptors (Lipinski definition) is 4. The molecule has 0 radical (unpaired) electrons. The van der Waals surface area contributed by atoms with E-state index < -0.39 is 0 Å². The minimum absolute atomic E-state index is 0.0583. The molecule has 6 heteroatoms. The Balaban J connectivity index is 1.65. The predicted octanol–water partition coefficient (Wildman–Crippen LogP) is 3.87. The summed E-state index contributed by atoms with van der Waals surface area (Å²) < 4.78 is 11.8. The van der Waals surface area contributed by atoms with E-state index in [1.165, 1.54) is 0 Å². The lowest BCUT2D eigenvalue weighted by atomic mass is 9.94. The first-order valence-corrected chi connectivity index (χ1v) is 8.54. The lowest BCUT2D eigenvalue weighted by Crippen LogP contribution is -2.39. The molecule has 0 atom stereocenters. The van der Waals surface area contributed by atoms with Gasteiger partial charge in [-0.15, -0.1) is 0 Å². The van der Waals surface area contributed by atoms with Gasteiger partial charge in [-0.05, 0) is 61.0 Å². The maximum atomic E-state index is 11.8. The summed E-state index contributed by atoms with van der Waals surface area (Å²) in [5.74, 6) is 1.25. The van der Waals surface area contributed by atoms with Crippen molar-refractivity contribution in [2.45, 2.75) is 39.2 Å². The van der Waals surface area contributed by atoms with Gasteiger partial charge in [-0.3, -0.25) is 0 Å². The first-order chi connectivity index (χ1) is 10.5. The minimum Gasteiger partial charge on any atom is -0.478 e. The molecule has 0 unspecified atom stereocenters. The number of aromatic nitrogens is 1. The van der Waals surface area contributed by atoms with Crippen molar-refractivity contribution >= 4 is 22.0 Å². The Kier molecular flexibility index (Phi) is 6.49. The molecule has 0 saturated carbocycles. The highest BCUT2D eigenvalue weighted by molar-refractivity contribution is 9.10. The predicted molar refractivity (Wildman–Crippen MR) is 88.0 cm³/mol. The van der Waals surface area contributed by atoms with Crippen LogP contribution in [-0.2, 0) is 4.74 Å². The quantitative estimate of drug-likeness (QED) is 0.789. The number of carbonyl (C=O) groups is 1. The van der Waals surface area contributed by atoms with E-state index in [0.717, 1.165) is 36.8 Å². The number of amides is 1. The lowest BCUT2D eigenvalue weighted by Gasteiger charge is -2.31. The van der Waals surface area contributed by atoms with E-state index >= 15 is 0 Å². The summed E-state index contributed by atoms with van der Waals surface area (Å²) in [5, 5.41) is 0. The first kappa shape index (κ1) is 17.1. The van der Waals surface area contributed by atoms with Crippen molar-refractivity contribution in [2.75, 3.05) is 19.7 Å². The molecule has 1 aromatic rings. The van der Waals surface area contributed by atoms with Crippen molar-refractivity contribution in [3.05, 3.63) is 22.8 Å². The highest BCUT2D eigenvalue weighted by atomic mass is 79.9. The summed E-state index contributed by atoms with van der Waals surface area (Å²) in [7, 11) is 0. The minimum atomic E-state index is -0.191. The Morgan fingerprint density at radius 1 is 1.41 bits per heavy atom. The van der Waals surface area contributed by atoms with E-state index in [1.54, 1.807) is 11.1 Å². The third kappa shape index (κ3) is 5.48. The van der Waals surface area contributed by atoms with Crippen LogP contribution in [-0.4, -0.2) is 41.8 Å². The SMILES string of the molecule is CC(C)OC(=O)N1CCC(CCOc2ccc(Br)cn2)CC1. The molecule has 22 heavy (non-hydrogen) atoms. The van der Waals surface area contributed by atoms with Gasteiger partial charge in [-0.1, -0.05) is 0 Å². The normalized spacial score (nSPS) is 15.9. The molecule has 2 rings (SSSR count). The summed E-state index contributed by atoms with van der Waals surface area (Å²) in [6.45, 7) is 5.95. The fourth-order valence-corrected chi connectivity index (χ4v) is 2.69. The van der Waals surface area contributed by atoms with Crippen LogP contribution in [0.5, 0.6) is 5.88 Å². The molecular formula is C16H23BrN2O3. The summed E-state index contributed by atoms with van der Waals surface area (Å²) >= 11 is 3.35. The lowest BCUT2D eigenvalue weighted by molar-refractivity contribution is 0.0636. The average molecular weight is 371 g/mol. The summed E-state index contributed by atoms with van der Waals surface area (Å²) in [6, 6.07) is 3.77. The third-order valence-corrected chi connectivity index (χ3v) is 4.15. The van der Waals surface area contributed by atoms with Gasteiger partial charge in [0.05, 0.1) is 12.7 Å². The zero-order valence-electron chi connectivity index (χ0n) is 13.1. The Morgan fingerprint density at radius 2 is 2.14 bits per heavy atom. The first-order valence-electron chi connectivity index (χ1n) is 7.74. The van der Waals surface area contributed by atoms with Gasteiger partial charge in [0, 0.05) is 29.8 Å². The molecule has 1 aliphatic heterocycles. The second-order valence-electron chi connectivity index (χ2n) is 5.81. The van der Waals surface area contributed by atoms with Crippen LogP contribution < -0.4 is 4.74 Å². The summed E-state index contributed by atoms with van der Waals surface area (Å²) in [4.78, 5) is 17.8. The Labute approximate surface area is 140 Å². The van der Waals surface area contributed by atoms with Crippen molar-refractivity contribution in [1.29, 1.82) is 0 Å². The van der Waals surface area contributed by atoms with Crippen LogP contribution in [0.3, 0.4) is 0 Å². The Hall–Kier alpha value is -1.30. The number of nitrogens with zero attached hydrogens (tertiary/aromatic N) is 2. The smallest absolute Gasteiger partial charge is 0.410 e. The number of likely N-dealkylation sites (tertiary alicyclic amines) is 1. The van der Waals surface area contributed by atoms with Crippen molar-refractivity contribution in [2.24, 2.45) is 5.92 Å². The van der Waals surface area contributed by atoms with Crippen LogP contribution >= 0.6 is 15.9 Å². The standard InChI is InChI=1S/C16H23BrN2O3/c1-12(2)22-16(20)19-8-5-13(6-9-19)7-10-21-15-4-3-14(17)11-18-15/h3-4,11-13H,5-10H2,1-2H3. The number of halogens is 1. The van der Waals surface area contributed by atoms with Gasteiger partial charge in [0.2, 0.25) is 5.88 Å². The van der Waals surface area contributed by atoms with Gasteiger partial charge in [0.1, 0.15) is 0 Å². The molecule has 1 fully saturated rings. The van der Waals surface area contributed by atoms with Crippen LogP contribution in [0.1, 0.15) is 33.1 Å². The van der Waals surface area contributed by atoms with Crippen molar-refractivity contribution < 1.29 is 14.3 Å². The van der Waals surface area contributed by atoms with E-state index in [9.17, 15) is 4.79 Å². The van der Waals surface area contributed by atoms with Crippen molar-refractivity contribution in [3.8, 4) is 5.88 Å². The van der Waals surface area contributed by atoms with Crippen LogP contribution in [0.4, 0.5) is 4.79 Å². The summed E-state index contributed by atoms with van der Waals surface area (Å²) in [6.07, 6.45) is 4.48. The molecule has 1 aromatic heterocycles. The van der Waals surface area contributed by atoms with E-state index in [-0.39, 0.29) is 12.2 Å². The number of piperidine rings is 1. The molecule has 0 aliphatic carbocycles. The number of ether oxygens (including phenoxy) is 2.